The van der Waals surface area contributed by atoms with Gasteiger partial charge in [-0.05, 0) is 40.2 Å². The average molecular weight is 291 g/mol. The first-order valence-electron chi connectivity index (χ1n) is 5.01. The molecule has 0 unspecified atom stereocenters. The fraction of sp³-hybridized carbons (Fsp3) is 0. The minimum Gasteiger partial charge on any atom is -0.242 e. The van der Waals surface area contributed by atoms with Gasteiger partial charge >= 0.3 is 6.09 Å². The Morgan fingerprint density at radius 3 is 2.12 bits per heavy atom. The van der Waals surface area contributed by atoms with Gasteiger partial charge in [0.25, 0.3) is 0 Å². The van der Waals surface area contributed by atoms with E-state index in [0.29, 0.717) is 15.8 Å². The van der Waals surface area contributed by atoms with E-state index in [-0.39, 0.29) is 0 Å². The van der Waals surface area contributed by atoms with Crippen molar-refractivity contribution in [1.82, 2.24) is 0 Å². The van der Waals surface area contributed by atoms with Crippen LogP contribution in [0, 0.1) is 0 Å². The van der Waals surface area contributed by atoms with Crippen LogP contribution in [0.15, 0.2) is 59.1 Å². The van der Waals surface area contributed by atoms with Gasteiger partial charge in [-0.2, -0.15) is 0 Å². The summed E-state index contributed by atoms with van der Waals surface area (Å²) in [5.74, 6) is 0. The molecule has 3 nitrogen and oxygen atoms in total. The van der Waals surface area contributed by atoms with E-state index < -0.39 is 6.09 Å². The number of anilines is 2. The highest BCUT2D eigenvalue weighted by Crippen LogP contribution is 2.31. The van der Waals surface area contributed by atoms with E-state index in [1.54, 1.807) is 42.5 Å². The van der Waals surface area contributed by atoms with Gasteiger partial charge in [-0.1, -0.05) is 30.3 Å². The molecule has 0 spiro atoms. The van der Waals surface area contributed by atoms with Crippen LogP contribution in [0.2, 0.25) is 0 Å². The Morgan fingerprint density at radius 2 is 1.53 bits per heavy atom. The van der Waals surface area contributed by atoms with E-state index in [2.05, 4.69) is 15.9 Å². The fourth-order valence-electron chi connectivity index (χ4n) is 1.55. The standard InChI is InChI=1S/C13H9BrNO2/c14-11-8-4-5-9-12(11)15(13(16)17)10-6-2-1-3-7-10/h1-9H. The van der Waals surface area contributed by atoms with Crippen molar-refractivity contribution in [3.05, 3.63) is 59.1 Å². The monoisotopic (exact) mass is 290 g/mol. The van der Waals surface area contributed by atoms with E-state index in [9.17, 15) is 9.90 Å². The summed E-state index contributed by atoms with van der Waals surface area (Å²) >= 11 is 3.33. The molecule has 4 heteroatoms. The molecule has 0 saturated heterocycles. The molecule has 0 fully saturated rings. The van der Waals surface area contributed by atoms with Crippen molar-refractivity contribution in [3.8, 4) is 0 Å². The lowest BCUT2D eigenvalue weighted by atomic mass is 10.2. The molecule has 2 aromatic carbocycles. The molecule has 0 aliphatic heterocycles. The quantitative estimate of drug-likeness (QED) is 0.819. The molecule has 2 rings (SSSR count). The maximum absolute atomic E-state index is 11.2. The largest absolute Gasteiger partial charge is 0.462 e. The lowest BCUT2D eigenvalue weighted by Crippen LogP contribution is -2.22. The van der Waals surface area contributed by atoms with E-state index in [0.717, 1.165) is 4.90 Å². The number of para-hydroxylation sites is 2. The van der Waals surface area contributed by atoms with Gasteiger partial charge in [0, 0.05) is 4.47 Å². The van der Waals surface area contributed by atoms with Gasteiger partial charge < -0.3 is 0 Å². The van der Waals surface area contributed by atoms with Gasteiger partial charge in [-0.15, -0.1) is 0 Å². The number of nitrogens with zero attached hydrogens (tertiary/aromatic N) is 1. The Labute approximate surface area is 107 Å². The Bertz CT molecular complexity index is 528. The molecule has 2 aromatic rings. The number of hydrogen-bond donors (Lipinski definition) is 0. The topological polar surface area (TPSA) is 40.2 Å². The summed E-state index contributed by atoms with van der Waals surface area (Å²) in [6, 6.07) is 15.9. The highest BCUT2D eigenvalue weighted by molar-refractivity contribution is 9.10. The van der Waals surface area contributed by atoms with Crippen LogP contribution in [0.3, 0.4) is 0 Å². The van der Waals surface area contributed by atoms with Crippen molar-refractivity contribution in [3.63, 3.8) is 0 Å². The molecular weight excluding hydrogens is 282 g/mol. The first kappa shape index (κ1) is 11.7. The van der Waals surface area contributed by atoms with Gasteiger partial charge in [-0.3, -0.25) is 0 Å². The number of benzene rings is 2. The second-order valence-electron chi connectivity index (χ2n) is 3.39. The third kappa shape index (κ3) is 2.47. The zero-order valence-corrected chi connectivity index (χ0v) is 10.4. The number of carbonyl (C=O) groups is 1. The molecule has 1 amide bonds. The van der Waals surface area contributed by atoms with Crippen LogP contribution >= 0.6 is 15.9 Å². The van der Waals surface area contributed by atoms with Crippen LogP contribution in [0.4, 0.5) is 16.2 Å². The normalized spacial score (nSPS) is 9.94. The van der Waals surface area contributed by atoms with Gasteiger partial charge in [0.15, 0.2) is 0 Å². The molecule has 85 valence electrons. The van der Waals surface area contributed by atoms with Crippen LogP contribution in [-0.2, 0) is 5.11 Å². The predicted molar refractivity (Wildman–Crippen MR) is 68.8 cm³/mol. The Morgan fingerprint density at radius 1 is 0.941 bits per heavy atom. The van der Waals surface area contributed by atoms with Gasteiger partial charge in [0.05, 0.1) is 11.4 Å². The highest BCUT2D eigenvalue weighted by Gasteiger charge is 2.19. The zero-order valence-electron chi connectivity index (χ0n) is 8.84. The SMILES string of the molecule is [O]C(=O)N(c1ccccc1)c1ccccc1Br. The Hall–Kier alpha value is -1.81. The first-order valence-corrected chi connectivity index (χ1v) is 5.80. The van der Waals surface area contributed by atoms with Crippen LogP contribution in [0.25, 0.3) is 0 Å². The van der Waals surface area contributed by atoms with E-state index >= 15 is 0 Å². The van der Waals surface area contributed by atoms with Crippen molar-refractivity contribution in [2.45, 2.75) is 0 Å². The molecular formula is C13H9BrNO2. The maximum Gasteiger partial charge on any atom is 0.462 e. The van der Waals surface area contributed by atoms with Crippen LogP contribution < -0.4 is 4.90 Å². The van der Waals surface area contributed by atoms with Crippen LogP contribution in [0.1, 0.15) is 0 Å². The van der Waals surface area contributed by atoms with Gasteiger partial charge in [0.2, 0.25) is 0 Å². The predicted octanol–water partition coefficient (Wildman–Crippen LogP) is 4.14. The number of amides is 1. The van der Waals surface area contributed by atoms with Gasteiger partial charge in [-0.25, -0.2) is 14.8 Å². The molecule has 0 atom stereocenters. The second-order valence-corrected chi connectivity index (χ2v) is 4.24. The van der Waals surface area contributed by atoms with Crippen molar-refractivity contribution in [2.24, 2.45) is 0 Å². The van der Waals surface area contributed by atoms with Crippen molar-refractivity contribution in [2.75, 3.05) is 4.90 Å². The van der Waals surface area contributed by atoms with Gasteiger partial charge in [0.1, 0.15) is 0 Å². The van der Waals surface area contributed by atoms with Crippen LogP contribution in [0.5, 0.6) is 0 Å². The minimum atomic E-state index is -1.26. The summed E-state index contributed by atoms with van der Waals surface area (Å²) < 4.78 is 0.702. The number of carbonyl (C=O) groups excluding carboxylic acids is 1. The molecule has 0 aliphatic rings. The van der Waals surface area contributed by atoms with Crippen molar-refractivity contribution >= 4 is 33.4 Å². The Balaban J connectivity index is 2.51. The summed E-state index contributed by atoms with van der Waals surface area (Å²) in [6.07, 6.45) is -1.26. The summed E-state index contributed by atoms with van der Waals surface area (Å²) in [5.41, 5.74) is 1.10. The summed E-state index contributed by atoms with van der Waals surface area (Å²) in [4.78, 5) is 12.4. The van der Waals surface area contributed by atoms with Crippen LogP contribution in [-0.4, -0.2) is 6.09 Å². The lowest BCUT2D eigenvalue weighted by Gasteiger charge is -2.19. The maximum atomic E-state index is 11.2. The van der Waals surface area contributed by atoms with Crippen molar-refractivity contribution in [1.29, 1.82) is 0 Å². The zero-order chi connectivity index (χ0) is 12.3. The average Bonchev–Trinajstić information content (AvgIpc) is 2.33. The molecule has 0 heterocycles. The molecule has 1 radical (unpaired) electrons. The second kappa shape index (κ2) is 5.01. The summed E-state index contributed by atoms with van der Waals surface area (Å²) in [7, 11) is 0. The van der Waals surface area contributed by atoms with E-state index in [1.165, 1.54) is 0 Å². The summed E-state index contributed by atoms with van der Waals surface area (Å²) in [5, 5.41) is 11.2. The summed E-state index contributed by atoms with van der Waals surface area (Å²) in [6.45, 7) is 0. The molecule has 17 heavy (non-hydrogen) atoms. The number of halogens is 1. The molecule has 0 aliphatic carbocycles. The van der Waals surface area contributed by atoms with E-state index in [4.69, 9.17) is 0 Å². The third-order valence-corrected chi connectivity index (χ3v) is 2.96. The fourth-order valence-corrected chi connectivity index (χ4v) is 2.02. The lowest BCUT2D eigenvalue weighted by molar-refractivity contribution is 0.179. The molecule has 0 N–H and O–H groups in total. The third-order valence-electron chi connectivity index (χ3n) is 2.29. The molecule has 0 bridgehead atoms. The minimum absolute atomic E-state index is 0.540. The molecule has 0 aromatic heterocycles. The molecule has 0 saturated carbocycles. The van der Waals surface area contributed by atoms with E-state index in [1.807, 2.05) is 12.1 Å². The smallest absolute Gasteiger partial charge is 0.242 e. The highest BCUT2D eigenvalue weighted by atomic mass is 79.9. The van der Waals surface area contributed by atoms with Crippen molar-refractivity contribution < 1.29 is 9.90 Å². The number of hydrogen-bond acceptors (Lipinski definition) is 1. The first-order chi connectivity index (χ1) is 8.20. The number of rotatable bonds is 2. The Kier molecular flexibility index (Phi) is 3.44.